The number of benzene rings is 1. The van der Waals surface area contributed by atoms with Crippen LogP contribution in [0.4, 0.5) is 0 Å². The van der Waals surface area contributed by atoms with Gasteiger partial charge in [0.2, 0.25) is 11.8 Å². The van der Waals surface area contributed by atoms with E-state index in [9.17, 15) is 9.59 Å². The largest absolute Gasteiger partial charge is 0.361 e. The van der Waals surface area contributed by atoms with Crippen molar-refractivity contribution < 1.29 is 14.3 Å². The second-order valence-corrected chi connectivity index (χ2v) is 9.26. The molecule has 2 aromatic rings. The summed E-state index contributed by atoms with van der Waals surface area (Å²) in [6, 6.07) is 8.48. The Balaban J connectivity index is 1.19. The minimum absolute atomic E-state index is 0.00467. The van der Waals surface area contributed by atoms with Gasteiger partial charge in [0.1, 0.15) is 5.60 Å². The molecule has 30 heavy (non-hydrogen) atoms. The quantitative estimate of drug-likeness (QED) is 0.751. The molecule has 2 amide bonds. The average Bonchev–Trinajstić information content (AvgIpc) is 3.55. The molecule has 4 heterocycles. The van der Waals surface area contributed by atoms with E-state index in [1.165, 1.54) is 23.8 Å². The first-order valence-electron chi connectivity index (χ1n) is 11.2. The Morgan fingerprint density at radius 3 is 2.97 bits per heavy atom. The van der Waals surface area contributed by atoms with E-state index in [2.05, 4.69) is 22.4 Å². The molecule has 2 bridgehead atoms. The van der Waals surface area contributed by atoms with Crippen LogP contribution >= 0.6 is 0 Å². The van der Waals surface area contributed by atoms with Gasteiger partial charge in [-0.3, -0.25) is 9.59 Å². The molecule has 0 radical (unpaired) electrons. The summed E-state index contributed by atoms with van der Waals surface area (Å²) in [5.41, 5.74) is 1.70. The fraction of sp³-hybridized carbons (Fsp3) is 0.500. The molecule has 1 aromatic heterocycles. The summed E-state index contributed by atoms with van der Waals surface area (Å²) in [5.74, 6) is -0.735. The van der Waals surface area contributed by atoms with Crippen molar-refractivity contribution in [2.45, 2.75) is 49.9 Å². The molecule has 3 aliphatic heterocycles. The van der Waals surface area contributed by atoms with Crippen molar-refractivity contribution in [2.75, 3.05) is 13.1 Å². The Hall–Kier alpha value is -2.60. The molecule has 1 spiro atoms. The van der Waals surface area contributed by atoms with Crippen LogP contribution in [-0.2, 0) is 20.7 Å². The number of aromatic amines is 1. The number of nitrogens with zero attached hydrogens (tertiary/aromatic N) is 1. The zero-order valence-corrected chi connectivity index (χ0v) is 17.0. The van der Waals surface area contributed by atoms with Gasteiger partial charge < -0.3 is 19.9 Å². The smallest absolute Gasteiger partial charge is 0.230 e. The molecular formula is C24H27N3O3. The lowest BCUT2D eigenvalue weighted by atomic mass is 9.76. The number of carbonyl (C=O) groups excluding carboxylic acids is 2. The molecule has 4 atom stereocenters. The third kappa shape index (κ3) is 2.66. The summed E-state index contributed by atoms with van der Waals surface area (Å²) in [6.45, 7) is 1.18. The summed E-state index contributed by atoms with van der Waals surface area (Å²) in [7, 11) is 0. The second-order valence-electron chi connectivity index (χ2n) is 9.26. The van der Waals surface area contributed by atoms with Gasteiger partial charge in [-0.1, -0.05) is 43.2 Å². The number of para-hydroxylation sites is 1. The van der Waals surface area contributed by atoms with Gasteiger partial charge in [0.05, 0.1) is 24.5 Å². The van der Waals surface area contributed by atoms with Gasteiger partial charge in [0.25, 0.3) is 0 Å². The molecule has 156 valence electrons. The number of aromatic nitrogens is 1. The summed E-state index contributed by atoms with van der Waals surface area (Å²) in [4.78, 5) is 31.6. The van der Waals surface area contributed by atoms with Gasteiger partial charge in [-0.15, -0.1) is 0 Å². The van der Waals surface area contributed by atoms with Crippen LogP contribution in [0, 0.1) is 11.8 Å². The van der Waals surface area contributed by atoms with E-state index in [4.69, 9.17) is 4.74 Å². The molecule has 2 N–H and O–H groups in total. The zero-order chi connectivity index (χ0) is 20.3. The number of amides is 2. The lowest BCUT2D eigenvalue weighted by Crippen LogP contribution is -2.46. The van der Waals surface area contributed by atoms with Crippen molar-refractivity contribution in [1.29, 1.82) is 0 Å². The zero-order valence-electron chi connectivity index (χ0n) is 17.0. The van der Waals surface area contributed by atoms with Crippen molar-refractivity contribution in [2.24, 2.45) is 11.8 Å². The molecule has 4 aliphatic rings. The van der Waals surface area contributed by atoms with Crippen LogP contribution in [0.25, 0.3) is 10.9 Å². The minimum Gasteiger partial charge on any atom is -0.361 e. The van der Waals surface area contributed by atoms with Crippen LogP contribution in [0.5, 0.6) is 0 Å². The van der Waals surface area contributed by atoms with Crippen LogP contribution in [-0.4, -0.2) is 52.5 Å². The maximum absolute atomic E-state index is 13.4. The van der Waals surface area contributed by atoms with Gasteiger partial charge in [-0.05, 0) is 30.9 Å². The van der Waals surface area contributed by atoms with E-state index < -0.39 is 17.4 Å². The summed E-state index contributed by atoms with van der Waals surface area (Å²) < 4.78 is 6.25. The van der Waals surface area contributed by atoms with E-state index in [1.807, 2.05) is 35.4 Å². The molecule has 3 fully saturated rings. The molecule has 6 rings (SSSR count). The number of nitrogens with one attached hydrogen (secondary N) is 2. The standard InChI is InChI=1S/C24H27N3O3/c28-22(26-16-5-1-2-6-16)20-19-9-11-24(30-19)14-27(23(29)21(20)24)12-10-15-13-25-18-8-4-3-7-17(15)18/h3-4,7-9,11,13,16,19-21,25H,1-2,5-6,10,12,14H2,(H,26,28)/t19-,20?,21?,24+/m1/s1. The lowest BCUT2D eigenvalue weighted by Gasteiger charge is -2.25. The maximum atomic E-state index is 13.4. The van der Waals surface area contributed by atoms with Crippen molar-refractivity contribution in [1.82, 2.24) is 15.2 Å². The molecule has 2 saturated heterocycles. The van der Waals surface area contributed by atoms with Crippen molar-refractivity contribution in [3.63, 3.8) is 0 Å². The topological polar surface area (TPSA) is 74.4 Å². The average molecular weight is 405 g/mol. The molecule has 6 heteroatoms. The minimum atomic E-state index is -0.625. The maximum Gasteiger partial charge on any atom is 0.230 e. The highest BCUT2D eigenvalue weighted by atomic mass is 16.5. The summed E-state index contributed by atoms with van der Waals surface area (Å²) >= 11 is 0. The highest BCUT2D eigenvalue weighted by molar-refractivity contribution is 5.93. The number of fused-ring (bicyclic) bond motifs is 2. The molecule has 1 aromatic carbocycles. The predicted molar refractivity (Wildman–Crippen MR) is 113 cm³/mol. The third-order valence-corrected chi connectivity index (χ3v) is 7.51. The normalized spacial score (nSPS) is 32.5. The van der Waals surface area contributed by atoms with Crippen molar-refractivity contribution >= 4 is 22.7 Å². The molecule has 2 unspecified atom stereocenters. The van der Waals surface area contributed by atoms with E-state index in [0.29, 0.717) is 13.1 Å². The fourth-order valence-corrected chi connectivity index (χ4v) is 6.03. The molecular weight excluding hydrogens is 378 g/mol. The van der Waals surface area contributed by atoms with Gasteiger partial charge in [-0.2, -0.15) is 0 Å². The van der Waals surface area contributed by atoms with Crippen LogP contribution in [0.3, 0.4) is 0 Å². The summed E-state index contributed by atoms with van der Waals surface area (Å²) in [6.07, 6.45) is 11.0. The van der Waals surface area contributed by atoms with Crippen LogP contribution in [0.2, 0.25) is 0 Å². The lowest BCUT2D eigenvalue weighted by molar-refractivity contribution is -0.137. The number of hydrogen-bond acceptors (Lipinski definition) is 3. The fourth-order valence-electron chi connectivity index (χ4n) is 6.03. The molecule has 6 nitrogen and oxygen atoms in total. The highest BCUT2D eigenvalue weighted by Gasteiger charge is 2.66. The van der Waals surface area contributed by atoms with Gasteiger partial charge in [-0.25, -0.2) is 0 Å². The first-order chi connectivity index (χ1) is 14.6. The highest BCUT2D eigenvalue weighted by Crippen LogP contribution is 2.52. The molecule has 1 saturated carbocycles. The van der Waals surface area contributed by atoms with Crippen LogP contribution < -0.4 is 5.32 Å². The Bertz CT molecular complexity index is 1040. The monoisotopic (exact) mass is 405 g/mol. The van der Waals surface area contributed by atoms with Crippen molar-refractivity contribution in [3.8, 4) is 0 Å². The third-order valence-electron chi connectivity index (χ3n) is 7.51. The van der Waals surface area contributed by atoms with E-state index in [-0.39, 0.29) is 24.0 Å². The van der Waals surface area contributed by atoms with Gasteiger partial charge in [0.15, 0.2) is 0 Å². The van der Waals surface area contributed by atoms with E-state index in [0.717, 1.165) is 24.8 Å². The summed E-state index contributed by atoms with van der Waals surface area (Å²) in [5, 5.41) is 4.40. The Morgan fingerprint density at radius 2 is 2.10 bits per heavy atom. The number of H-pyrrole nitrogens is 1. The van der Waals surface area contributed by atoms with E-state index in [1.54, 1.807) is 0 Å². The van der Waals surface area contributed by atoms with Crippen LogP contribution in [0.15, 0.2) is 42.6 Å². The molecule has 1 aliphatic carbocycles. The Labute approximate surface area is 175 Å². The SMILES string of the molecule is O=C(NC1CCCC1)C1C2C(=O)N(CCc3c[nH]c4ccccc34)C[C@@]23C=C[C@H]1O3. The van der Waals surface area contributed by atoms with Crippen molar-refractivity contribution in [3.05, 3.63) is 48.2 Å². The number of hydrogen-bond donors (Lipinski definition) is 2. The van der Waals surface area contributed by atoms with Crippen LogP contribution in [0.1, 0.15) is 31.2 Å². The van der Waals surface area contributed by atoms with Gasteiger partial charge >= 0.3 is 0 Å². The van der Waals surface area contributed by atoms with E-state index >= 15 is 0 Å². The number of carbonyl (C=O) groups is 2. The Morgan fingerprint density at radius 1 is 1.27 bits per heavy atom. The van der Waals surface area contributed by atoms with Gasteiger partial charge in [0, 0.05) is 29.7 Å². The first-order valence-corrected chi connectivity index (χ1v) is 11.2. The predicted octanol–water partition coefficient (Wildman–Crippen LogP) is 2.55. The number of rotatable bonds is 5. The number of likely N-dealkylation sites (tertiary alicyclic amines) is 1. The second kappa shape index (κ2) is 6.71. The number of ether oxygens (including phenoxy) is 1. The first kappa shape index (κ1) is 18.2. The Kier molecular flexibility index (Phi) is 4.07.